The normalized spacial score (nSPS) is 10.3. The molecule has 0 radical (unpaired) electrons. The number of nitrogens with zero attached hydrogens (tertiary/aromatic N) is 3. The molecule has 1 N–H and O–H groups in total. The lowest BCUT2D eigenvalue weighted by Crippen LogP contribution is -2.31. The van der Waals surface area contributed by atoms with Crippen LogP contribution < -0.4 is 4.74 Å². The van der Waals surface area contributed by atoms with Gasteiger partial charge in [-0.25, -0.2) is 0 Å². The lowest BCUT2D eigenvalue weighted by atomic mass is 10.2. The lowest BCUT2D eigenvalue weighted by Gasteiger charge is -2.12. The third-order valence-electron chi connectivity index (χ3n) is 3.10. The van der Waals surface area contributed by atoms with Crippen LogP contribution in [0, 0.1) is 0 Å². The molecule has 0 aliphatic carbocycles. The van der Waals surface area contributed by atoms with E-state index in [9.17, 15) is 9.59 Å². The molecular weight excluding hydrogens is 286 g/mol. The molecular formula is C15H17N3O4. The number of carbonyl (C=O) groups is 2. The molecule has 7 heteroatoms. The number of methoxy groups -OCH3 is 1. The van der Waals surface area contributed by atoms with Crippen LogP contribution >= 0.6 is 0 Å². The number of aromatic nitrogens is 2. The number of rotatable bonds is 6. The van der Waals surface area contributed by atoms with E-state index in [4.69, 9.17) is 9.84 Å². The number of ether oxygens (including phenoxy) is 1. The van der Waals surface area contributed by atoms with Crippen LogP contribution in [-0.2, 0) is 11.3 Å². The second kappa shape index (κ2) is 6.75. The number of carboxylic acid groups (broad SMARTS) is 1. The number of hydrogen-bond donors (Lipinski definition) is 1. The second-order valence-corrected chi connectivity index (χ2v) is 4.83. The van der Waals surface area contributed by atoms with Crippen LogP contribution in [0.5, 0.6) is 5.75 Å². The predicted molar refractivity (Wildman–Crippen MR) is 78.9 cm³/mol. The molecule has 0 unspecified atom stereocenters. The average molecular weight is 303 g/mol. The summed E-state index contributed by atoms with van der Waals surface area (Å²) in [4.78, 5) is 23.8. The van der Waals surface area contributed by atoms with Gasteiger partial charge in [0.15, 0.2) is 0 Å². The number of amides is 1. The van der Waals surface area contributed by atoms with Gasteiger partial charge in [-0.15, -0.1) is 0 Å². The first kappa shape index (κ1) is 15.6. The van der Waals surface area contributed by atoms with E-state index in [1.54, 1.807) is 18.0 Å². The van der Waals surface area contributed by atoms with E-state index in [1.807, 2.05) is 24.3 Å². The molecule has 7 nitrogen and oxygen atoms in total. The zero-order valence-corrected chi connectivity index (χ0v) is 12.4. The quantitative estimate of drug-likeness (QED) is 0.863. The summed E-state index contributed by atoms with van der Waals surface area (Å²) in [6.07, 6.45) is 3.04. The maximum absolute atomic E-state index is 12.0. The number of hydrogen-bond acceptors (Lipinski definition) is 4. The number of benzene rings is 1. The van der Waals surface area contributed by atoms with Gasteiger partial charge in [0.05, 0.1) is 25.4 Å². The minimum atomic E-state index is -1.05. The summed E-state index contributed by atoms with van der Waals surface area (Å²) < 4.78 is 6.72. The lowest BCUT2D eigenvalue weighted by molar-refractivity contribution is -0.137. The van der Waals surface area contributed by atoms with Crippen molar-refractivity contribution in [2.24, 2.45) is 0 Å². The first-order valence-corrected chi connectivity index (χ1v) is 6.62. The van der Waals surface area contributed by atoms with E-state index >= 15 is 0 Å². The topological polar surface area (TPSA) is 84.7 Å². The minimum absolute atomic E-state index is 0.345. The summed E-state index contributed by atoms with van der Waals surface area (Å²) in [6.45, 7) is 0.169. The number of carboxylic acids is 1. The summed E-state index contributed by atoms with van der Waals surface area (Å²) in [5.41, 5.74) is 1.37. The summed E-state index contributed by atoms with van der Waals surface area (Å²) in [6, 6.07) is 7.54. The van der Waals surface area contributed by atoms with E-state index in [0.29, 0.717) is 12.1 Å². The van der Waals surface area contributed by atoms with Crippen LogP contribution in [0.25, 0.3) is 0 Å². The summed E-state index contributed by atoms with van der Waals surface area (Å²) in [7, 11) is 3.05. The van der Waals surface area contributed by atoms with Crippen LogP contribution in [0.2, 0.25) is 0 Å². The fraction of sp³-hybridized carbons (Fsp3) is 0.267. The smallest absolute Gasteiger partial charge is 0.323 e. The van der Waals surface area contributed by atoms with Crippen molar-refractivity contribution < 1.29 is 19.4 Å². The van der Waals surface area contributed by atoms with Crippen LogP contribution in [-0.4, -0.2) is 52.4 Å². The molecule has 0 aliphatic rings. The molecule has 0 spiro atoms. The summed E-state index contributed by atoms with van der Waals surface area (Å²) in [5, 5.41) is 12.8. The minimum Gasteiger partial charge on any atom is -0.497 e. The fourth-order valence-corrected chi connectivity index (χ4v) is 1.97. The third kappa shape index (κ3) is 3.85. The van der Waals surface area contributed by atoms with Gasteiger partial charge in [0, 0.05) is 13.2 Å². The van der Waals surface area contributed by atoms with Gasteiger partial charge in [0.2, 0.25) is 0 Å². The standard InChI is InChI=1S/C15H17N3O4/c1-17(10-14(19)20)15(21)12-7-16-18(9-12)8-11-3-5-13(22-2)6-4-11/h3-7,9H,8,10H2,1-2H3,(H,19,20). The second-order valence-electron chi connectivity index (χ2n) is 4.83. The zero-order valence-electron chi connectivity index (χ0n) is 12.4. The molecule has 116 valence electrons. The maximum atomic E-state index is 12.0. The molecule has 22 heavy (non-hydrogen) atoms. The van der Waals surface area contributed by atoms with Gasteiger partial charge in [0.25, 0.3) is 5.91 Å². The van der Waals surface area contributed by atoms with Crippen molar-refractivity contribution in [2.75, 3.05) is 20.7 Å². The Labute approximate surface area is 127 Å². The van der Waals surface area contributed by atoms with E-state index < -0.39 is 5.97 Å². The molecule has 0 aliphatic heterocycles. The molecule has 0 atom stereocenters. The summed E-state index contributed by atoms with van der Waals surface area (Å²) in [5.74, 6) is -0.653. The van der Waals surface area contributed by atoms with E-state index in [0.717, 1.165) is 16.2 Å². The van der Waals surface area contributed by atoms with Crippen molar-refractivity contribution in [1.82, 2.24) is 14.7 Å². The van der Waals surface area contributed by atoms with Crippen LogP contribution in [0.3, 0.4) is 0 Å². The number of carbonyl (C=O) groups excluding carboxylic acids is 1. The van der Waals surface area contributed by atoms with Crippen LogP contribution in [0.1, 0.15) is 15.9 Å². The maximum Gasteiger partial charge on any atom is 0.323 e. The Hall–Kier alpha value is -2.83. The van der Waals surface area contributed by atoms with Gasteiger partial charge < -0.3 is 14.7 Å². The van der Waals surface area contributed by atoms with Gasteiger partial charge in [0.1, 0.15) is 12.3 Å². The highest BCUT2D eigenvalue weighted by molar-refractivity contribution is 5.95. The van der Waals surface area contributed by atoms with Crippen molar-refractivity contribution in [3.8, 4) is 5.75 Å². The monoisotopic (exact) mass is 303 g/mol. The van der Waals surface area contributed by atoms with Crippen molar-refractivity contribution in [1.29, 1.82) is 0 Å². The molecule has 0 bridgehead atoms. The summed E-state index contributed by atoms with van der Waals surface area (Å²) >= 11 is 0. The molecule has 1 heterocycles. The predicted octanol–water partition coefficient (Wildman–Crippen LogP) is 1.10. The van der Waals surface area contributed by atoms with Crippen LogP contribution in [0.15, 0.2) is 36.7 Å². The Bertz CT molecular complexity index is 664. The average Bonchev–Trinajstić information content (AvgIpc) is 2.95. The van der Waals surface area contributed by atoms with Crippen molar-refractivity contribution in [3.05, 3.63) is 47.8 Å². The molecule has 1 amide bonds. The SMILES string of the molecule is COc1ccc(Cn2cc(C(=O)N(C)CC(=O)O)cn2)cc1. The fourth-order valence-electron chi connectivity index (χ4n) is 1.97. The molecule has 2 aromatic rings. The molecule has 2 rings (SSSR count). The first-order chi connectivity index (χ1) is 10.5. The molecule has 1 aromatic heterocycles. The highest BCUT2D eigenvalue weighted by Crippen LogP contribution is 2.12. The van der Waals surface area contributed by atoms with Crippen LogP contribution in [0.4, 0.5) is 0 Å². The Morgan fingerprint density at radius 2 is 2.00 bits per heavy atom. The van der Waals surface area contributed by atoms with E-state index in [1.165, 1.54) is 13.2 Å². The largest absolute Gasteiger partial charge is 0.497 e. The molecule has 1 aromatic carbocycles. The van der Waals surface area contributed by atoms with E-state index in [-0.39, 0.29) is 12.5 Å². The van der Waals surface area contributed by atoms with Gasteiger partial charge in [-0.1, -0.05) is 12.1 Å². The highest BCUT2D eigenvalue weighted by Gasteiger charge is 2.16. The van der Waals surface area contributed by atoms with Crippen molar-refractivity contribution >= 4 is 11.9 Å². The highest BCUT2D eigenvalue weighted by atomic mass is 16.5. The Morgan fingerprint density at radius 3 is 2.59 bits per heavy atom. The van der Waals surface area contributed by atoms with Gasteiger partial charge >= 0.3 is 5.97 Å². The molecule has 0 saturated carbocycles. The van der Waals surface area contributed by atoms with E-state index in [2.05, 4.69) is 5.10 Å². The molecule has 0 fully saturated rings. The van der Waals surface area contributed by atoms with Gasteiger partial charge in [-0.3, -0.25) is 14.3 Å². The van der Waals surface area contributed by atoms with Crippen molar-refractivity contribution in [3.63, 3.8) is 0 Å². The van der Waals surface area contributed by atoms with Crippen molar-refractivity contribution in [2.45, 2.75) is 6.54 Å². The Morgan fingerprint density at radius 1 is 1.32 bits per heavy atom. The van der Waals surface area contributed by atoms with Gasteiger partial charge in [-0.05, 0) is 17.7 Å². The number of aliphatic carboxylic acids is 1. The first-order valence-electron chi connectivity index (χ1n) is 6.62. The number of likely N-dealkylation sites (N-methyl/N-ethyl adjacent to an activating group) is 1. The molecule has 0 saturated heterocycles. The third-order valence-corrected chi connectivity index (χ3v) is 3.10. The Kier molecular flexibility index (Phi) is 4.77. The zero-order chi connectivity index (χ0) is 16.1. The van der Waals surface area contributed by atoms with Gasteiger partial charge in [-0.2, -0.15) is 5.10 Å². The Balaban J connectivity index is 2.04.